The zero-order valence-electron chi connectivity index (χ0n) is 15.3. The first kappa shape index (κ1) is 19.2. The van der Waals surface area contributed by atoms with E-state index in [-0.39, 0.29) is 5.92 Å². The Balaban J connectivity index is 2.00. The van der Waals surface area contributed by atoms with Gasteiger partial charge in [0.2, 0.25) is 5.88 Å². The van der Waals surface area contributed by atoms with Crippen molar-refractivity contribution < 1.29 is 4.74 Å². The highest BCUT2D eigenvalue weighted by molar-refractivity contribution is 9.10. The molecule has 1 aromatic heterocycles. The van der Waals surface area contributed by atoms with Gasteiger partial charge in [0, 0.05) is 22.7 Å². The number of nitrogens with zero attached hydrogens (tertiary/aromatic N) is 2. The van der Waals surface area contributed by atoms with Gasteiger partial charge >= 0.3 is 0 Å². The molecule has 0 saturated heterocycles. The summed E-state index contributed by atoms with van der Waals surface area (Å²) >= 11 is 3.49. The van der Waals surface area contributed by atoms with E-state index in [1.54, 1.807) is 19.4 Å². The summed E-state index contributed by atoms with van der Waals surface area (Å²) in [6, 6.07) is 19.6. The van der Waals surface area contributed by atoms with E-state index < -0.39 is 6.04 Å². The number of hydrogen-bond acceptors (Lipinski definition) is 4. The molecule has 2 unspecified atom stereocenters. The van der Waals surface area contributed by atoms with Crippen molar-refractivity contribution in [1.82, 2.24) is 4.98 Å². The van der Waals surface area contributed by atoms with Crippen LogP contribution in [0.1, 0.15) is 40.6 Å². The number of ether oxygens (including phenoxy) is 1. The van der Waals surface area contributed by atoms with Gasteiger partial charge in [-0.3, -0.25) is 0 Å². The van der Waals surface area contributed by atoms with Crippen LogP contribution in [0.15, 0.2) is 76.5 Å². The number of aryl methyl sites for hydroxylation is 1. The second kappa shape index (κ2) is 8.91. The first-order valence-electron chi connectivity index (χ1n) is 8.75. The molecule has 0 N–H and O–H groups in total. The molecule has 0 radical (unpaired) electrons. The minimum atomic E-state index is -0.491. The van der Waals surface area contributed by atoms with Gasteiger partial charge in [-0.25, -0.2) is 4.98 Å². The van der Waals surface area contributed by atoms with Gasteiger partial charge in [-0.05, 0) is 53.8 Å². The molecule has 4 nitrogen and oxygen atoms in total. The number of halogens is 1. The first-order valence-corrected chi connectivity index (χ1v) is 9.55. The molecule has 1 heterocycles. The van der Waals surface area contributed by atoms with E-state index in [0.717, 1.165) is 15.6 Å². The smallest absolute Gasteiger partial charge is 0.213 e. The lowest BCUT2D eigenvalue weighted by atomic mass is 9.83. The fraction of sp³-hybridized carbons (Fsp3) is 0.227. The van der Waals surface area contributed by atoms with Gasteiger partial charge in [0.25, 0.3) is 0 Å². The van der Waals surface area contributed by atoms with Gasteiger partial charge in [-0.2, -0.15) is 4.91 Å². The molecule has 0 aliphatic carbocycles. The van der Waals surface area contributed by atoms with Crippen LogP contribution >= 0.6 is 15.9 Å². The topological polar surface area (TPSA) is 51.5 Å². The van der Waals surface area contributed by atoms with E-state index in [1.165, 1.54) is 11.1 Å². The Morgan fingerprint density at radius 3 is 2.48 bits per heavy atom. The van der Waals surface area contributed by atoms with Gasteiger partial charge in [0.1, 0.15) is 6.04 Å². The van der Waals surface area contributed by atoms with Gasteiger partial charge < -0.3 is 4.74 Å². The average Bonchev–Trinajstić information content (AvgIpc) is 2.71. The summed E-state index contributed by atoms with van der Waals surface area (Å²) in [5.41, 5.74) is 4.37. The number of hydrogen-bond donors (Lipinski definition) is 0. The van der Waals surface area contributed by atoms with Crippen molar-refractivity contribution in [2.75, 3.05) is 7.11 Å². The van der Waals surface area contributed by atoms with Crippen LogP contribution < -0.4 is 4.74 Å². The Kier molecular flexibility index (Phi) is 6.35. The van der Waals surface area contributed by atoms with Crippen LogP contribution in [0.5, 0.6) is 5.88 Å². The van der Waals surface area contributed by atoms with E-state index in [9.17, 15) is 4.91 Å². The van der Waals surface area contributed by atoms with Crippen LogP contribution in [0, 0.1) is 11.8 Å². The molecule has 5 heteroatoms. The molecule has 0 amide bonds. The standard InChI is InChI=1S/C22H21BrN2O2/c1-15-5-3-4-6-19(15)20(16-7-9-18(23)10-8-16)14-21(25-26)17-11-12-24-22(13-17)27-2/h3-13,20-21H,14H2,1-2H3. The number of pyridine rings is 1. The molecule has 27 heavy (non-hydrogen) atoms. The Hall–Kier alpha value is -2.53. The number of rotatable bonds is 7. The van der Waals surface area contributed by atoms with Crippen LogP contribution in [-0.4, -0.2) is 12.1 Å². The Morgan fingerprint density at radius 2 is 1.81 bits per heavy atom. The van der Waals surface area contributed by atoms with E-state index >= 15 is 0 Å². The summed E-state index contributed by atoms with van der Waals surface area (Å²) in [4.78, 5) is 15.8. The molecular formula is C22H21BrN2O2. The fourth-order valence-electron chi connectivity index (χ4n) is 3.32. The Bertz CT molecular complexity index is 912. The van der Waals surface area contributed by atoms with Crippen LogP contribution in [0.2, 0.25) is 0 Å². The van der Waals surface area contributed by atoms with Crippen LogP contribution in [0.3, 0.4) is 0 Å². The molecule has 3 aromatic rings. The third-order valence-electron chi connectivity index (χ3n) is 4.78. The lowest BCUT2D eigenvalue weighted by Gasteiger charge is -2.23. The van der Waals surface area contributed by atoms with Gasteiger partial charge in [0.05, 0.1) is 7.11 Å². The molecular weight excluding hydrogens is 404 g/mol. The Labute approximate surface area is 167 Å². The van der Waals surface area contributed by atoms with Gasteiger partial charge in [-0.1, -0.05) is 57.5 Å². The lowest BCUT2D eigenvalue weighted by molar-refractivity contribution is 0.396. The van der Waals surface area contributed by atoms with Crippen LogP contribution in [0.25, 0.3) is 0 Å². The van der Waals surface area contributed by atoms with Crippen molar-refractivity contribution in [3.8, 4) is 5.88 Å². The van der Waals surface area contributed by atoms with Crippen molar-refractivity contribution in [2.24, 2.45) is 5.18 Å². The van der Waals surface area contributed by atoms with Gasteiger partial charge in [-0.15, -0.1) is 0 Å². The summed E-state index contributed by atoms with van der Waals surface area (Å²) in [6.07, 6.45) is 2.22. The SMILES string of the molecule is COc1cc(C(CC(c2ccc(Br)cc2)c2ccccc2C)N=O)ccn1. The molecule has 0 spiro atoms. The quantitative estimate of drug-likeness (QED) is 0.424. The first-order chi connectivity index (χ1) is 13.1. The minimum absolute atomic E-state index is 0.0566. The maximum absolute atomic E-state index is 11.7. The van der Waals surface area contributed by atoms with Crippen molar-refractivity contribution in [3.05, 3.63) is 98.5 Å². The van der Waals surface area contributed by atoms with E-state index in [2.05, 4.69) is 57.3 Å². The third-order valence-corrected chi connectivity index (χ3v) is 5.30. The largest absolute Gasteiger partial charge is 0.481 e. The number of aromatic nitrogens is 1. The molecule has 0 fully saturated rings. The normalized spacial score (nSPS) is 13.0. The maximum Gasteiger partial charge on any atom is 0.213 e. The Morgan fingerprint density at radius 1 is 1.07 bits per heavy atom. The highest BCUT2D eigenvalue weighted by atomic mass is 79.9. The van der Waals surface area contributed by atoms with Crippen molar-refractivity contribution in [2.45, 2.75) is 25.3 Å². The summed E-state index contributed by atoms with van der Waals surface area (Å²) in [5.74, 6) is 0.540. The maximum atomic E-state index is 11.7. The number of benzene rings is 2. The minimum Gasteiger partial charge on any atom is -0.481 e. The monoisotopic (exact) mass is 424 g/mol. The predicted octanol–water partition coefficient (Wildman–Crippen LogP) is 6.19. The summed E-state index contributed by atoms with van der Waals surface area (Å²) in [5, 5.41) is 3.43. The van der Waals surface area contributed by atoms with Crippen LogP contribution in [-0.2, 0) is 0 Å². The van der Waals surface area contributed by atoms with E-state index in [1.807, 2.05) is 30.3 Å². The molecule has 3 rings (SSSR count). The van der Waals surface area contributed by atoms with Gasteiger partial charge in [0.15, 0.2) is 0 Å². The molecule has 0 aliphatic rings. The summed E-state index contributed by atoms with van der Waals surface area (Å²) in [7, 11) is 1.56. The predicted molar refractivity (Wildman–Crippen MR) is 111 cm³/mol. The zero-order valence-corrected chi connectivity index (χ0v) is 16.9. The summed E-state index contributed by atoms with van der Waals surface area (Å²) < 4.78 is 6.22. The lowest BCUT2D eigenvalue weighted by Crippen LogP contribution is -2.08. The molecule has 0 saturated carbocycles. The highest BCUT2D eigenvalue weighted by Gasteiger charge is 2.23. The highest BCUT2D eigenvalue weighted by Crippen LogP contribution is 2.37. The fourth-order valence-corrected chi connectivity index (χ4v) is 3.59. The molecule has 2 aromatic carbocycles. The number of nitroso groups, excluding NO2 is 1. The average molecular weight is 425 g/mol. The molecule has 2 atom stereocenters. The van der Waals surface area contributed by atoms with Crippen molar-refractivity contribution >= 4 is 15.9 Å². The third kappa shape index (κ3) is 4.61. The van der Waals surface area contributed by atoms with Crippen LogP contribution in [0.4, 0.5) is 0 Å². The van der Waals surface area contributed by atoms with E-state index in [4.69, 9.17) is 4.74 Å². The molecule has 0 bridgehead atoms. The van der Waals surface area contributed by atoms with Crippen molar-refractivity contribution in [3.63, 3.8) is 0 Å². The summed E-state index contributed by atoms with van der Waals surface area (Å²) in [6.45, 7) is 2.10. The van der Waals surface area contributed by atoms with E-state index in [0.29, 0.717) is 12.3 Å². The molecule has 0 aliphatic heterocycles. The zero-order chi connectivity index (χ0) is 19.2. The molecule has 138 valence electrons. The second-order valence-electron chi connectivity index (χ2n) is 6.45. The second-order valence-corrected chi connectivity index (χ2v) is 7.36. The number of methoxy groups -OCH3 is 1. The van der Waals surface area contributed by atoms with Crippen molar-refractivity contribution in [1.29, 1.82) is 0 Å².